The van der Waals surface area contributed by atoms with Gasteiger partial charge in [0, 0.05) is 27.0 Å². The molecule has 0 bridgehead atoms. The van der Waals surface area contributed by atoms with Gasteiger partial charge in [0.1, 0.15) is 10.0 Å². The lowest BCUT2D eigenvalue weighted by atomic mass is 10.2. The van der Waals surface area contributed by atoms with E-state index in [0.717, 1.165) is 43.9 Å². The molecule has 0 fully saturated rings. The number of hydrogen-bond donors (Lipinski definition) is 1. The van der Waals surface area contributed by atoms with E-state index in [0.29, 0.717) is 6.04 Å². The summed E-state index contributed by atoms with van der Waals surface area (Å²) in [6, 6.07) is 6.63. The van der Waals surface area contributed by atoms with Crippen molar-refractivity contribution in [2.75, 3.05) is 6.54 Å². The maximum Gasteiger partial charge on any atom is 0.148 e. The largest absolute Gasteiger partial charge is 0.315 e. The molecule has 0 atom stereocenters. The highest BCUT2D eigenvalue weighted by molar-refractivity contribution is 9.11. The molecule has 108 valence electrons. The first-order valence-corrected chi connectivity index (χ1v) is 8.97. The zero-order valence-corrected chi connectivity index (χ0v) is 15.5. The molecule has 0 saturated heterocycles. The minimum atomic E-state index is 0.539. The van der Waals surface area contributed by atoms with Crippen LogP contribution in [0.2, 0.25) is 0 Å². The minimum absolute atomic E-state index is 0.539. The Morgan fingerprint density at radius 3 is 2.80 bits per heavy atom. The summed E-state index contributed by atoms with van der Waals surface area (Å²) in [5.74, 6) is 0. The first-order chi connectivity index (χ1) is 9.56. The van der Waals surface area contributed by atoms with Gasteiger partial charge in [-0.1, -0.05) is 57.0 Å². The highest BCUT2D eigenvalue weighted by atomic mass is 79.9. The molecule has 0 spiro atoms. The van der Waals surface area contributed by atoms with Crippen molar-refractivity contribution in [1.29, 1.82) is 0 Å². The van der Waals surface area contributed by atoms with E-state index in [1.54, 1.807) is 11.3 Å². The fraction of sp³-hybridized carbons (Fsp3) is 0.429. The van der Waals surface area contributed by atoms with E-state index in [9.17, 15) is 0 Å². The van der Waals surface area contributed by atoms with Crippen LogP contribution in [0.15, 0.2) is 27.1 Å². The van der Waals surface area contributed by atoms with E-state index in [-0.39, 0.29) is 0 Å². The first kappa shape index (κ1) is 16.1. The molecule has 1 aromatic heterocycles. The van der Waals surface area contributed by atoms with Crippen molar-refractivity contribution < 1.29 is 0 Å². The predicted octanol–water partition coefficient (Wildman–Crippen LogP) is 4.66. The number of benzene rings is 1. The Morgan fingerprint density at radius 2 is 2.05 bits per heavy atom. The summed E-state index contributed by atoms with van der Waals surface area (Å²) < 4.78 is 2.10. The van der Waals surface area contributed by atoms with Gasteiger partial charge in [-0.15, -0.1) is 10.2 Å². The van der Waals surface area contributed by atoms with Gasteiger partial charge in [0.15, 0.2) is 0 Å². The van der Waals surface area contributed by atoms with Crippen molar-refractivity contribution in [2.45, 2.75) is 32.7 Å². The summed E-state index contributed by atoms with van der Waals surface area (Å²) in [4.78, 5) is 0. The van der Waals surface area contributed by atoms with Crippen molar-refractivity contribution in [2.24, 2.45) is 0 Å². The molecule has 0 aliphatic carbocycles. The summed E-state index contributed by atoms with van der Waals surface area (Å²) in [6.45, 7) is 5.34. The van der Waals surface area contributed by atoms with E-state index >= 15 is 0 Å². The molecule has 0 radical (unpaired) electrons. The van der Waals surface area contributed by atoms with Gasteiger partial charge in [-0.2, -0.15) is 0 Å². The van der Waals surface area contributed by atoms with E-state index in [1.165, 1.54) is 0 Å². The van der Waals surface area contributed by atoms with Crippen LogP contribution in [0, 0.1) is 0 Å². The molecule has 0 aliphatic heterocycles. The number of aryl methyl sites for hydroxylation is 1. The van der Waals surface area contributed by atoms with Crippen LogP contribution in [-0.2, 0) is 6.42 Å². The van der Waals surface area contributed by atoms with Gasteiger partial charge in [-0.05, 0) is 31.2 Å². The summed E-state index contributed by atoms with van der Waals surface area (Å²) >= 11 is 8.72. The van der Waals surface area contributed by atoms with Gasteiger partial charge < -0.3 is 5.32 Å². The molecule has 0 saturated carbocycles. The number of aromatic nitrogens is 2. The second-order valence-corrected chi connectivity index (χ2v) is 7.67. The predicted molar refractivity (Wildman–Crippen MR) is 92.2 cm³/mol. The lowest BCUT2D eigenvalue weighted by Crippen LogP contribution is -2.23. The van der Waals surface area contributed by atoms with Crippen molar-refractivity contribution >= 4 is 43.2 Å². The average molecular weight is 419 g/mol. The SMILES string of the molecule is CC(C)NCCCc1nnc(-c2cc(Br)ccc2Br)s1. The summed E-state index contributed by atoms with van der Waals surface area (Å²) in [6.07, 6.45) is 2.06. The van der Waals surface area contributed by atoms with E-state index in [2.05, 4.69) is 67.3 Å². The second kappa shape index (κ2) is 7.64. The van der Waals surface area contributed by atoms with Crippen LogP contribution >= 0.6 is 43.2 Å². The van der Waals surface area contributed by atoms with Crippen molar-refractivity contribution in [3.63, 3.8) is 0 Å². The topological polar surface area (TPSA) is 37.8 Å². The molecule has 2 aromatic rings. The maximum atomic E-state index is 4.30. The fourth-order valence-electron chi connectivity index (χ4n) is 1.76. The van der Waals surface area contributed by atoms with Gasteiger partial charge in [-0.3, -0.25) is 0 Å². The molecule has 1 N–H and O–H groups in total. The molecule has 2 rings (SSSR count). The van der Waals surface area contributed by atoms with Gasteiger partial charge in [0.05, 0.1) is 0 Å². The molecule has 0 aliphatic rings. The Labute approximate surface area is 140 Å². The standard InChI is InChI=1S/C14H17Br2N3S/c1-9(2)17-7-3-4-13-18-19-14(20-13)11-8-10(15)5-6-12(11)16/h5-6,8-9,17H,3-4,7H2,1-2H3. The summed E-state index contributed by atoms with van der Waals surface area (Å²) in [5, 5.41) is 14.1. The fourth-order valence-corrected chi connectivity index (χ4v) is 3.59. The van der Waals surface area contributed by atoms with E-state index in [1.807, 2.05) is 12.1 Å². The van der Waals surface area contributed by atoms with Crippen LogP contribution in [0.1, 0.15) is 25.3 Å². The smallest absolute Gasteiger partial charge is 0.148 e. The lowest BCUT2D eigenvalue weighted by Gasteiger charge is -2.05. The monoisotopic (exact) mass is 417 g/mol. The number of halogens is 2. The molecule has 6 heteroatoms. The Hall–Kier alpha value is -0.300. The van der Waals surface area contributed by atoms with Gasteiger partial charge in [-0.25, -0.2) is 0 Å². The molecule has 3 nitrogen and oxygen atoms in total. The zero-order valence-electron chi connectivity index (χ0n) is 11.5. The van der Waals surface area contributed by atoms with Crippen molar-refractivity contribution in [1.82, 2.24) is 15.5 Å². The quantitative estimate of drug-likeness (QED) is 0.693. The summed E-state index contributed by atoms with van der Waals surface area (Å²) in [5.41, 5.74) is 1.09. The Balaban J connectivity index is 2.00. The number of nitrogens with zero attached hydrogens (tertiary/aromatic N) is 2. The highest BCUT2D eigenvalue weighted by Crippen LogP contribution is 2.32. The molecule has 0 unspecified atom stereocenters. The van der Waals surface area contributed by atoms with Crippen LogP contribution in [0.5, 0.6) is 0 Å². The molecule has 1 aromatic carbocycles. The molecule has 0 amide bonds. The maximum absolute atomic E-state index is 4.30. The van der Waals surface area contributed by atoms with E-state index in [4.69, 9.17) is 0 Å². The third kappa shape index (κ3) is 4.62. The van der Waals surface area contributed by atoms with Crippen LogP contribution in [-0.4, -0.2) is 22.8 Å². The Bertz CT molecular complexity index is 569. The average Bonchev–Trinajstić information content (AvgIpc) is 2.86. The third-order valence-electron chi connectivity index (χ3n) is 2.75. The van der Waals surface area contributed by atoms with Gasteiger partial charge in [0.25, 0.3) is 0 Å². The van der Waals surface area contributed by atoms with Gasteiger partial charge in [0.2, 0.25) is 0 Å². The molecular formula is C14H17Br2N3S. The first-order valence-electron chi connectivity index (χ1n) is 6.57. The van der Waals surface area contributed by atoms with Crippen molar-refractivity contribution in [3.8, 4) is 10.6 Å². The normalized spacial score (nSPS) is 11.2. The summed E-state index contributed by atoms with van der Waals surface area (Å²) in [7, 11) is 0. The molecule has 1 heterocycles. The lowest BCUT2D eigenvalue weighted by molar-refractivity contribution is 0.569. The Morgan fingerprint density at radius 1 is 1.25 bits per heavy atom. The van der Waals surface area contributed by atoms with Crippen LogP contribution < -0.4 is 5.32 Å². The zero-order chi connectivity index (χ0) is 14.5. The number of hydrogen-bond acceptors (Lipinski definition) is 4. The highest BCUT2D eigenvalue weighted by Gasteiger charge is 2.10. The molecular weight excluding hydrogens is 402 g/mol. The number of nitrogens with one attached hydrogen (secondary N) is 1. The second-order valence-electron chi connectivity index (χ2n) is 4.84. The minimum Gasteiger partial charge on any atom is -0.315 e. The van der Waals surface area contributed by atoms with Crippen LogP contribution in [0.4, 0.5) is 0 Å². The van der Waals surface area contributed by atoms with Crippen LogP contribution in [0.25, 0.3) is 10.6 Å². The Kier molecular flexibility index (Phi) is 6.14. The third-order valence-corrected chi connectivity index (χ3v) is 4.95. The van der Waals surface area contributed by atoms with Gasteiger partial charge >= 0.3 is 0 Å². The van der Waals surface area contributed by atoms with E-state index < -0.39 is 0 Å². The molecule has 20 heavy (non-hydrogen) atoms. The number of rotatable bonds is 6. The van der Waals surface area contributed by atoms with Crippen molar-refractivity contribution in [3.05, 3.63) is 32.2 Å². The van der Waals surface area contributed by atoms with Crippen LogP contribution in [0.3, 0.4) is 0 Å².